The molecule has 0 spiro atoms. The van der Waals surface area contributed by atoms with E-state index in [0.29, 0.717) is 0 Å². The molecule has 0 heterocycles. The maximum Gasteiger partial charge on any atom is 0.0361 e. The van der Waals surface area contributed by atoms with E-state index in [-0.39, 0.29) is 5.41 Å². The van der Waals surface area contributed by atoms with Crippen molar-refractivity contribution in [2.45, 2.75) is 25.2 Å². The molecule has 0 aliphatic rings. The lowest BCUT2D eigenvalue weighted by Crippen LogP contribution is -2.39. The minimum atomic E-state index is -0.0422. The standard InChI is InChI=1S/C20H25N/c1-3-15-20(17-21-16-4-2,18-11-7-5-8-12-18)19-13-9-6-10-14-19/h3,5-14,21H,1,4,15-17H2,2H3. The average Bonchev–Trinajstić information content (AvgIpc) is 2.56. The van der Waals surface area contributed by atoms with E-state index < -0.39 is 0 Å². The molecule has 0 aliphatic carbocycles. The van der Waals surface area contributed by atoms with Crippen molar-refractivity contribution in [3.8, 4) is 0 Å². The topological polar surface area (TPSA) is 12.0 Å². The first-order chi connectivity index (χ1) is 10.3. The first-order valence-electron chi connectivity index (χ1n) is 7.76. The second-order valence-corrected chi connectivity index (χ2v) is 5.48. The molecule has 2 aromatic rings. The molecule has 110 valence electrons. The molecule has 0 bridgehead atoms. The Balaban J connectivity index is 2.46. The molecule has 1 heteroatoms. The highest BCUT2D eigenvalue weighted by Crippen LogP contribution is 2.35. The van der Waals surface area contributed by atoms with Crippen LogP contribution >= 0.6 is 0 Å². The van der Waals surface area contributed by atoms with Crippen molar-refractivity contribution in [3.05, 3.63) is 84.4 Å². The number of hydrogen-bond donors (Lipinski definition) is 1. The zero-order chi connectivity index (χ0) is 15.0. The van der Waals surface area contributed by atoms with Gasteiger partial charge in [0.15, 0.2) is 0 Å². The van der Waals surface area contributed by atoms with Crippen LogP contribution in [0.5, 0.6) is 0 Å². The summed E-state index contributed by atoms with van der Waals surface area (Å²) in [7, 11) is 0. The van der Waals surface area contributed by atoms with Crippen LogP contribution in [0.1, 0.15) is 30.9 Å². The molecule has 0 saturated heterocycles. The quantitative estimate of drug-likeness (QED) is 0.552. The van der Waals surface area contributed by atoms with E-state index in [1.165, 1.54) is 11.1 Å². The van der Waals surface area contributed by atoms with Gasteiger partial charge in [0.25, 0.3) is 0 Å². The second kappa shape index (κ2) is 7.80. The highest BCUT2D eigenvalue weighted by Gasteiger charge is 2.32. The number of allylic oxidation sites excluding steroid dienone is 1. The Kier molecular flexibility index (Phi) is 5.77. The third-order valence-electron chi connectivity index (χ3n) is 4.00. The van der Waals surface area contributed by atoms with E-state index in [2.05, 4.69) is 79.5 Å². The molecule has 0 amide bonds. The molecule has 0 radical (unpaired) electrons. The van der Waals surface area contributed by atoms with Crippen LogP contribution < -0.4 is 5.32 Å². The van der Waals surface area contributed by atoms with Crippen molar-refractivity contribution in [2.75, 3.05) is 13.1 Å². The second-order valence-electron chi connectivity index (χ2n) is 5.48. The molecule has 2 aromatic carbocycles. The highest BCUT2D eigenvalue weighted by atomic mass is 14.9. The van der Waals surface area contributed by atoms with Gasteiger partial charge in [0.1, 0.15) is 0 Å². The summed E-state index contributed by atoms with van der Waals surface area (Å²) < 4.78 is 0. The Hall–Kier alpha value is -1.86. The van der Waals surface area contributed by atoms with Crippen molar-refractivity contribution in [2.24, 2.45) is 0 Å². The summed E-state index contributed by atoms with van der Waals surface area (Å²) >= 11 is 0. The van der Waals surface area contributed by atoms with Crippen LogP contribution in [0.4, 0.5) is 0 Å². The smallest absolute Gasteiger partial charge is 0.0361 e. The number of benzene rings is 2. The Morgan fingerprint density at radius 2 is 1.48 bits per heavy atom. The fraction of sp³-hybridized carbons (Fsp3) is 0.300. The van der Waals surface area contributed by atoms with Gasteiger partial charge in [0.2, 0.25) is 0 Å². The van der Waals surface area contributed by atoms with Gasteiger partial charge in [-0.2, -0.15) is 0 Å². The molecule has 0 atom stereocenters. The Labute approximate surface area is 128 Å². The van der Waals surface area contributed by atoms with Crippen LogP contribution in [0.2, 0.25) is 0 Å². The zero-order valence-electron chi connectivity index (χ0n) is 12.9. The summed E-state index contributed by atoms with van der Waals surface area (Å²) in [6, 6.07) is 21.5. The van der Waals surface area contributed by atoms with Crippen molar-refractivity contribution < 1.29 is 0 Å². The number of hydrogen-bond acceptors (Lipinski definition) is 1. The van der Waals surface area contributed by atoms with Gasteiger partial charge in [-0.05, 0) is 30.5 Å². The maximum atomic E-state index is 4.00. The van der Waals surface area contributed by atoms with Crippen molar-refractivity contribution in [3.63, 3.8) is 0 Å². The summed E-state index contributed by atoms with van der Waals surface area (Å²) in [5.74, 6) is 0. The van der Waals surface area contributed by atoms with Crippen LogP contribution in [0.25, 0.3) is 0 Å². The molecule has 0 saturated carbocycles. The Bertz CT molecular complexity index is 491. The van der Waals surface area contributed by atoms with Gasteiger partial charge < -0.3 is 5.32 Å². The van der Waals surface area contributed by atoms with Crippen LogP contribution in [-0.2, 0) is 5.41 Å². The predicted octanol–water partition coefficient (Wildman–Crippen LogP) is 4.55. The third kappa shape index (κ3) is 3.62. The lowest BCUT2D eigenvalue weighted by Gasteiger charge is -2.35. The van der Waals surface area contributed by atoms with Gasteiger partial charge in [-0.15, -0.1) is 6.58 Å². The summed E-state index contributed by atoms with van der Waals surface area (Å²) in [5.41, 5.74) is 2.65. The fourth-order valence-electron chi connectivity index (χ4n) is 2.92. The predicted molar refractivity (Wildman–Crippen MR) is 91.6 cm³/mol. The van der Waals surface area contributed by atoms with Crippen LogP contribution in [0, 0.1) is 0 Å². The van der Waals surface area contributed by atoms with Crippen molar-refractivity contribution in [1.82, 2.24) is 5.32 Å². The number of nitrogens with one attached hydrogen (secondary N) is 1. The Morgan fingerprint density at radius 1 is 0.952 bits per heavy atom. The van der Waals surface area contributed by atoms with Gasteiger partial charge in [-0.3, -0.25) is 0 Å². The van der Waals surface area contributed by atoms with E-state index in [1.807, 2.05) is 6.08 Å². The lowest BCUT2D eigenvalue weighted by molar-refractivity contribution is 0.468. The largest absolute Gasteiger partial charge is 0.316 e. The van der Waals surface area contributed by atoms with Crippen molar-refractivity contribution >= 4 is 0 Å². The van der Waals surface area contributed by atoms with E-state index >= 15 is 0 Å². The Morgan fingerprint density at radius 3 is 1.90 bits per heavy atom. The molecule has 0 unspecified atom stereocenters. The summed E-state index contributed by atoms with van der Waals surface area (Å²) in [5, 5.41) is 3.61. The van der Waals surface area contributed by atoms with E-state index in [9.17, 15) is 0 Å². The minimum absolute atomic E-state index is 0.0422. The minimum Gasteiger partial charge on any atom is -0.316 e. The van der Waals surface area contributed by atoms with Gasteiger partial charge >= 0.3 is 0 Å². The monoisotopic (exact) mass is 279 g/mol. The summed E-state index contributed by atoms with van der Waals surface area (Å²) in [6.45, 7) is 8.17. The summed E-state index contributed by atoms with van der Waals surface area (Å²) in [4.78, 5) is 0. The third-order valence-corrected chi connectivity index (χ3v) is 4.00. The van der Waals surface area contributed by atoms with Gasteiger partial charge in [0.05, 0.1) is 0 Å². The van der Waals surface area contributed by atoms with E-state index in [1.54, 1.807) is 0 Å². The SMILES string of the molecule is C=CCC(CNCCC)(c1ccccc1)c1ccccc1. The van der Waals surface area contributed by atoms with Gasteiger partial charge in [0, 0.05) is 12.0 Å². The molecule has 0 fully saturated rings. The van der Waals surface area contributed by atoms with Crippen LogP contribution in [0.15, 0.2) is 73.3 Å². The molecular weight excluding hydrogens is 254 g/mol. The molecular formula is C20H25N. The van der Waals surface area contributed by atoms with E-state index in [4.69, 9.17) is 0 Å². The lowest BCUT2D eigenvalue weighted by atomic mass is 9.72. The molecule has 1 N–H and O–H groups in total. The molecule has 21 heavy (non-hydrogen) atoms. The normalized spacial score (nSPS) is 11.3. The molecule has 1 nitrogen and oxygen atoms in total. The first kappa shape index (κ1) is 15.5. The number of rotatable bonds is 8. The zero-order valence-corrected chi connectivity index (χ0v) is 12.9. The van der Waals surface area contributed by atoms with E-state index in [0.717, 1.165) is 25.9 Å². The molecule has 0 aliphatic heterocycles. The molecule has 0 aromatic heterocycles. The molecule has 2 rings (SSSR count). The van der Waals surface area contributed by atoms with Crippen molar-refractivity contribution in [1.29, 1.82) is 0 Å². The van der Waals surface area contributed by atoms with Crippen LogP contribution in [-0.4, -0.2) is 13.1 Å². The fourth-order valence-corrected chi connectivity index (χ4v) is 2.92. The maximum absolute atomic E-state index is 4.00. The van der Waals surface area contributed by atoms with Gasteiger partial charge in [-0.1, -0.05) is 73.7 Å². The van der Waals surface area contributed by atoms with Gasteiger partial charge in [-0.25, -0.2) is 0 Å². The van der Waals surface area contributed by atoms with Crippen LogP contribution in [0.3, 0.4) is 0 Å². The highest BCUT2D eigenvalue weighted by molar-refractivity contribution is 5.40. The average molecular weight is 279 g/mol. The first-order valence-corrected chi connectivity index (χ1v) is 7.76. The summed E-state index contributed by atoms with van der Waals surface area (Å²) in [6.07, 6.45) is 4.11.